The number of nitrogens with zero attached hydrogens (tertiary/aromatic N) is 1. The molecule has 7 nitrogen and oxygen atoms in total. The minimum Gasteiger partial charge on any atom is -0.497 e. The fourth-order valence-electron chi connectivity index (χ4n) is 3.27. The second-order valence-electron chi connectivity index (χ2n) is 6.15. The van der Waals surface area contributed by atoms with E-state index in [9.17, 15) is 4.79 Å². The zero-order chi connectivity index (χ0) is 20.3. The third kappa shape index (κ3) is 3.36. The number of carbonyl (C=O) groups is 1. The van der Waals surface area contributed by atoms with Crippen molar-refractivity contribution in [2.24, 2.45) is 5.73 Å². The summed E-state index contributed by atoms with van der Waals surface area (Å²) in [6.45, 7) is 1.05. The number of fused-ring (bicyclic) bond motifs is 1. The highest BCUT2D eigenvalue weighted by Crippen LogP contribution is 2.39. The number of aromatic nitrogens is 1. The van der Waals surface area contributed by atoms with Crippen molar-refractivity contribution in [2.75, 3.05) is 35.0 Å². The number of carbonyl (C=O) groups excluding carboxylic acids is 1. The molecule has 0 aliphatic carbocycles. The SMILES string of the molecule is COc1ccc2c(C(=O)c3cc(OC)c(OC)c(OC)c3)cn(CCN)c2c1. The van der Waals surface area contributed by atoms with E-state index in [1.54, 1.807) is 19.2 Å². The van der Waals surface area contributed by atoms with Gasteiger partial charge >= 0.3 is 0 Å². The number of ketones is 1. The molecule has 3 rings (SSSR count). The summed E-state index contributed by atoms with van der Waals surface area (Å²) in [6, 6.07) is 8.92. The van der Waals surface area contributed by atoms with Crippen molar-refractivity contribution in [3.8, 4) is 23.0 Å². The maximum absolute atomic E-state index is 13.3. The molecule has 0 saturated carbocycles. The minimum absolute atomic E-state index is 0.148. The first-order chi connectivity index (χ1) is 13.6. The van der Waals surface area contributed by atoms with Gasteiger partial charge in [-0.15, -0.1) is 0 Å². The van der Waals surface area contributed by atoms with Crippen LogP contribution >= 0.6 is 0 Å². The normalized spacial score (nSPS) is 10.8. The molecular weight excluding hydrogens is 360 g/mol. The Balaban J connectivity index is 2.16. The van der Waals surface area contributed by atoms with Gasteiger partial charge in [-0.1, -0.05) is 0 Å². The molecule has 0 fully saturated rings. The van der Waals surface area contributed by atoms with Gasteiger partial charge in [0.05, 0.1) is 34.0 Å². The third-order valence-corrected chi connectivity index (χ3v) is 4.63. The molecule has 28 heavy (non-hydrogen) atoms. The molecule has 0 unspecified atom stereocenters. The molecule has 0 aliphatic heterocycles. The lowest BCUT2D eigenvalue weighted by atomic mass is 10.0. The number of hydrogen-bond acceptors (Lipinski definition) is 6. The van der Waals surface area contributed by atoms with Gasteiger partial charge in [0, 0.05) is 41.9 Å². The lowest BCUT2D eigenvalue weighted by Crippen LogP contribution is -2.09. The Bertz CT molecular complexity index is 984. The maximum Gasteiger partial charge on any atom is 0.203 e. The fourth-order valence-corrected chi connectivity index (χ4v) is 3.27. The second kappa shape index (κ2) is 8.22. The van der Waals surface area contributed by atoms with E-state index in [1.165, 1.54) is 21.3 Å². The van der Waals surface area contributed by atoms with Crippen molar-refractivity contribution in [1.29, 1.82) is 0 Å². The molecule has 2 aromatic carbocycles. The average molecular weight is 384 g/mol. The van der Waals surface area contributed by atoms with Gasteiger partial charge in [0.1, 0.15) is 5.75 Å². The fraction of sp³-hybridized carbons (Fsp3) is 0.286. The first-order valence-electron chi connectivity index (χ1n) is 8.79. The summed E-state index contributed by atoms with van der Waals surface area (Å²) in [5, 5.41) is 0.827. The molecule has 0 spiro atoms. The monoisotopic (exact) mass is 384 g/mol. The van der Waals surface area contributed by atoms with Crippen LogP contribution in [0, 0.1) is 0 Å². The van der Waals surface area contributed by atoms with Crippen LogP contribution in [0.4, 0.5) is 0 Å². The van der Waals surface area contributed by atoms with E-state index in [0.29, 0.717) is 41.5 Å². The molecule has 0 bridgehead atoms. The van der Waals surface area contributed by atoms with Crippen LogP contribution in [0.2, 0.25) is 0 Å². The van der Waals surface area contributed by atoms with Gasteiger partial charge in [-0.3, -0.25) is 4.79 Å². The summed E-state index contributed by atoms with van der Waals surface area (Å²) in [5.41, 5.74) is 7.64. The van der Waals surface area contributed by atoms with E-state index in [1.807, 2.05) is 29.0 Å². The summed E-state index contributed by atoms with van der Waals surface area (Å²) in [4.78, 5) is 13.3. The minimum atomic E-state index is -0.148. The molecule has 1 aromatic heterocycles. The summed E-state index contributed by atoms with van der Waals surface area (Å²) >= 11 is 0. The summed E-state index contributed by atoms with van der Waals surface area (Å²) in [5.74, 6) is 1.87. The van der Waals surface area contributed by atoms with Gasteiger partial charge in [-0.25, -0.2) is 0 Å². The first kappa shape index (κ1) is 19.6. The predicted molar refractivity (Wildman–Crippen MR) is 107 cm³/mol. The van der Waals surface area contributed by atoms with Crippen LogP contribution in [0.15, 0.2) is 36.5 Å². The van der Waals surface area contributed by atoms with Gasteiger partial charge < -0.3 is 29.2 Å². The number of rotatable bonds is 8. The van der Waals surface area contributed by atoms with E-state index < -0.39 is 0 Å². The molecule has 148 valence electrons. The molecule has 0 aliphatic rings. The van der Waals surface area contributed by atoms with Crippen molar-refractivity contribution >= 4 is 16.7 Å². The maximum atomic E-state index is 13.3. The lowest BCUT2D eigenvalue weighted by Gasteiger charge is -2.13. The van der Waals surface area contributed by atoms with Crippen LogP contribution < -0.4 is 24.7 Å². The topological polar surface area (TPSA) is 84.9 Å². The molecule has 0 radical (unpaired) electrons. The van der Waals surface area contributed by atoms with E-state index in [-0.39, 0.29) is 5.78 Å². The van der Waals surface area contributed by atoms with Crippen LogP contribution in [-0.2, 0) is 6.54 Å². The first-order valence-corrected chi connectivity index (χ1v) is 8.79. The number of benzene rings is 2. The molecule has 3 aromatic rings. The van der Waals surface area contributed by atoms with Crippen molar-refractivity contribution in [2.45, 2.75) is 6.54 Å². The molecule has 1 heterocycles. The highest BCUT2D eigenvalue weighted by molar-refractivity contribution is 6.17. The van der Waals surface area contributed by atoms with Gasteiger partial charge in [0.25, 0.3) is 0 Å². The number of hydrogen-bond donors (Lipinski definition) is 1. The molecule has 0 saturated heterocycles. The second-order valence-corrected chi connectivity index (χ2v) is 6.15. The van der Waals surface area contributed by atoms with Crippen molar-refractivity contribution in [3.05, 3.63) is 47.7 Å². The Kier molecular flexibility index (Phi) is 5.75. The van der Waals surface area contributed by atoms with Gasteiger partial charge in [0.15, 0.2) is 17.3 Å². The average Bonchev–Trinajstić information content (AvgIpc) is 3.09. The van der Waals surface area contributed by atoms with Crippen molar-refractivity contribution < 1.29 is 23.7 Å². The smallest absolute Gasteiger partial charge is 0.203 e. The highest BCUT2D eigenvalue weighted by Gasteiger charge is 2.21. The van der Waals surface area contributed by atoms with Gasteiger partial charge in [-0.05, 0) is 24.3 Å². The van der Waals surface area contributed by atoms with Crippen LogP contribution in [0.1, 0.15) is 15.9 Å². The third-order valence-electron chi connectivity index (χ3n) is 4.63. The molecule has 7 heteroatoms. The van der Waals surface area contributed by atoms with E-state index in [4.69, 9.17) is 24.7 Å². The largest absolute Gasteiger partial charge is 0.497 e. The molecule has 0 amide bonds. The number of ether oxygens (including phenoxy) is 4. The molecule has 2 N–H and O–H groups in total. The van der Waals surface area contributed by atoms with E-state index in [2.05, 4.69) is 0 Å². The van der Waals surface area contributed by atoms with Crippen molar-refractivity contribution in [3.63, 3.8) is 0 Å². The quantitative estimate of drug-likeness (QED) is 0.601. The number of methoxy groups -OCH3 is 4. The Morgan fingerprint density at radius 1 is 0.964 bits per heavy atom. The standard InChI is InChI=1S/C21H24N2O5/c1-25-14-5-6-15-16(12-23(8-7-22)17(15)11-14)20(24)13-9-18(26-2)21(28-4)19(10-13)27-3/h5-6,9-12H,7-8,22H2,1-4H3. The Morgan fingerprint density at radius 3 is 2.18 bits per heavy atom. The van der Waals surface area contributed by atoms with Gasteiger partial charge in [-0.2, -0.15) is 0 Å². The van der Waals surface area contributed by atoms with Crippen LogP contribution in [0.25, 0.3) is 10.9 Å². The highest BCUT2D eigenvalue weighted by atomic mass is 16.5. The van der Waals surface area contributed by atoms with Crippen LogP contribution in [-0.4, -0.2) is 45.3 Å². The zero-order valence-electron chi connectivity index (χ0n) is 16.4. The summed E-state index contributed by atoms with van der Waals surface area (Å²) in [7, 11) is 6.17. The van der Waals surface area contributed by atoms with Crippen LogP contribution in [0.3, 0.4) is 0 Å². The Hall–Kier alpha value is -3.19. The number of nitrogens with two attached hydrogens (primary N) is 1. The predicted octanol–water partition coefficient (Wildman–Crippen LogP) is 2.87. The lowest BCUT2D eigenvalue weighted by molar-refractivity contribution is 0.103. The van der Waals surface area contributed by atoms with Crippen LogP contribution in [0.5, 0.6) is 23.0 Å². The van der Waals surface area contributed by atoms with E-state index in [0.717, 1.165) is 16.7 Å². The Morgan fingerprint density at radius 2 is 1.64 bits per heavy atom. The van der Waals surface area contributed by atoms with E-state index >= 15 is 0 Å². The zero-order valence-corrected chi connectivity index (χ0v) is 16.4. The Labute approximate surface area is 163 Å². The van der Waals surface area contributed by atoms with Gasteiger partial charge in [0.2, 0.25) is 5.75 Å². The summed E-state index contributed by atoms with van der Waals surface area (Å²) in [6.07, 6.45) is 1.82. The molecular formula is C21H24N2O5. The van der Waals surface area contributed by atoms with Crippen molar-refractivity contribution in [1.82, 2.24) is 4.57 Å². The summed E-state index contributed by atoms with van der Waals surface area (Å²) < 4.78 is 23.4. The molecule has 0 atom stereocenters.